The molecule has 1 amide bonds. The van der Waals surface area contributed by atoms with Crippen LogP contribution in [0.5, 0.6) is 5.75 Å². The maximum Gasteiger partial charge on any atom is 0.252 e. The number of carbonyl (C=O) groups is 1. The fourth-order valence-corrected chi connectivity index (χ4v) is 5.28. The summed E-state index contributed by atoms with van der Waals surface area (Å²) in [5.41, 5.74) is 2.99. The largest absolute Gasteiger partial charge is 0.493 e. The third-order valence-corrected chi connectivity index (χ3v) is 7.82. The first-order chi connectivity index (χ1) is 19.3. The van der Waals surface area contributed by atoms with E-state index in [9.17, 15) is 4.79 Å². The standard InChI is InChI=1S/C36H58N2O2/c1-7-10-11-12-13-14-15-16-17-18-19-20-28-40-34-22-21-31(29-32(34)36(4,5)6)33(9-3)37-35(39)30-23-26-38(25-8-2)27-24-30/h21-24,26-27,29,33H,7-20,25,28H2,1-6H3/p+1. The van der Waals surface area contributed by atoms with Crippen molar-refractivity contribution in [1.82, 2.24) is 5.32 Å². The second kappa shape index (κ2) is 18.9. The van der Waals surface area contributed by atoms with E-state index in [4.69, 9.17) is 4.74 Å². The number of aromatic nitrogens is 1. The van der Waals surface area contributed by atoms with Crippen LogP contribution in [0, 0.1) is 0 Å². The Hall–Kier alpha value is -2.36. The number of unbranched alkanes of at least 4 members (excludes halogenated alkanes) is 11. The second-order valence-electron chi connectivity index (χ2n) is 12.5. The van der Waals surface area contributed by atoms with E-state index in [0.717, 1.165) is 43.7 Å². The van der Waals surface area contributed by atoms with E-state index in [1.54, 1.807) is 0 Å². The Labute approximate surface area is 246 Å². The van der Waals surface area contributed by atoms with E-state index in [1.165, 1.54) is 76.2 Å². The molecule has 0 spiro atoms. The van der Waals surface area contributed by atoms with Gasteiger partial charge in [-0.1, -0.05) is 118 Å². The molecule has 1 unspecified atom stereocenters. The summed E-state index contributed by atoms with van der Waals surface area (Å²) >= 11 is 0. The number of rotatable bonds is 20. The molecular formula is C36H59N2O2+. The van der Waals surface area contributed by atoms with Gasteiger partial charge in [0, 0.05) is 18.6 Å². The predicted molar refractivity (Wildman–Crippen MR) is 169 cm³/mol. The summed E-state index contributed by atoms with van der Waals surface area (Å²) in [4.78, 5) is 13.0. The van der Waals surface area contributed by atoms with E-state index in [2.05, 4.69) is 69.6 Å². The van der Waals surface area contributed by atoms with Crippen molar-refractivity contribution in [2.24, 2.45) is 0 Å². The third-order valence-electron chi connectivity index (χ3n) is 7.82. The Morgan fingerprint density at radius 1 is 0.800 bits per heavy atom. The average Bonchev–Trinajstić information content (AvgIpc) is 2.94. The minimum Gasteiger partial charge on any atom is -0.493 e. The molecule has 2 aromatic rings. The van der Waals surface area contributed by atoms with Gasteiger partial charge in [0.25, 0.3) is 5.91 Å². The molecule has 0 aliphatic carbocycles. The Balaban J connectivity index is 1.84. The van der Waals surface area contributed by atoms with Gasteiger partial charge in [-0.15, -0.1) is 0 Å². The van der Waals surface area contributed by atoms with Gasteiger partial charge in [0.15, 0.2) is 12.4 Å². The smallest absolute Gasteiger partial charge is 0.252 e. The Kier molecular flexibility index (Phi) is 16.0. The zero-order chi connectivity index (χ0) is 29.2. The van der Waals surface area contributed by atoms with Crippen LogP contribution >= 0.6 is 0 Å². The van der Waals surface area contributed by atoms with Gasteiger partial charge >= 0.3 is 0 Å². The van der Waals surface area contributed by atoms with Crippen molar-refractivity contribution in [3.63, 3.8) is 0 Å². The molecule has 0 radical (unpaired) electrons. The fraction of sp³-hybridized carbons (Fsp3) is 0.667. The van der Waals surface area contributed by atoms with Crippen LogP contribution < -0.4 is 14.6 Å². The van der Waals surface area contributed by atoms with Crippen LogP contribution in [-0.4, -0.2) is 12.5 Å². The van der Waals surface area contributed by atoms with Gasteiger partial charge in [-0.05, 0) is 41.5 Å². The van der Waals surface area contributed by atoms with Crippen LogP contribution in [0.3, 0.4) is 0 Å². The lowest BCUT2D eigenvalue weighted by atomic mass is 9.84. The molecule has 0 aliphatic heterocycles. The van der Waals surface area contributed by atoms with Crippen molar-refractivity contribution in [3.05, 3.63) is 59.4 Å². The van der Waals surface area contributed by atoms with E-state index >= 15 is 0 Å². The molecule has 1 N–H and O–H groups in total. The van der Waals surface area contributed by atoms with Crippen LogP contribution in [0.2, 0.25) is 0 Å². The van der Waals surface area contributed by atoms with Crippen molar-refractivity contribution in [3.8, 4) is 5.75 Å². The monoisotopic (exact) mass is 551 g/mol. The van der Waals surface area contributed by atoms with Crippen molar-refractivity contribution in [2.45, 2.75) is 149 Å². The van der Waals surface area contributed by atoms with E-state index < -0.39 is 0 Å². The first kappa shape index (κ1) is 33.8. The molecule has 1 aromatic carbocycles. The number of carbonyl (C=O) groups excluding carboxylic acids is 1. The molecule has 1 aromatic heterocycles. The van der Waals surface area contributed by atoms with Gasteiger partial charge < -0.3 is 10.1 Å². The highest BCUT2D eigenvalue weighted by atomic mass is 16.5. The number of amides is 1. The molecule has 0 saturated heterocycles. The number of ether oxygens (including phenoxy) is 1. The Morgan fingerprint density at radius 2 is 1.38 bits per heavy atom. The van der Waals surface area contributed by atoms with Crippen LogP contribution in [-0.2, 0) is 12.0 Å². The summed E-state index contributed by atoms with van der Waals surface area (Å²) in [7, 11) is 0. The lowest BCUT2D eigenvalue weighted by Gasteiger charge is -2.26. The number of nitrogens with one attached hydrogen (secondary N) is 1. The number of benzene rings is 1. The van der Waals surface area contributed by atoms with E-state index in [1.807, 2.05) is 24.5 Å². The molecule has 0 aliphatic rings. The SMILES string of the molecule is CCCCCCCCCCCCCCOc1ccc(C(CC)NC(=O)c2cc[n+](CCC)cc2)cc1C(C)(C)C. The minimum absolute atomic E-state index is 0.0277. The molecule has 0 saturated carbocycles. The Bertz CT molecular complexity index is 962. The molecular weight excluding hydrogens is 492 g/mol. The number of hydrogen-bond donors (Lipinski definition) is 1. The summed E-state index contributed by atoms with van der Waals surface area (Å²) in [6, 6.07) is 10.3. The quantitative estimate of drug-likeness (QED) is 0.131. The third kappa shape index (κ3) is 12.4. The fourth-order valence-electron chi connectivity index (χ4n) is 5.28. The predicted octanol–water partition coefficient (Wildman–Crippen LogP) is 9.64. The summed E-state index contributed by atoms with van der Waals surface area (Å²) in [5, 5.41) is 3.26. The molecule has 224 valence electrons. The second-order valence-corrected chi connectivity index (χ2v) is 12.5. The zero-order valence-electron chi connectivity index (χ0n) is 26.7. The molecule has 2 rings (SSSR count). The van der Waals surface area contributed by atoms with Crippen LogP contribution in [0.4, 0.5) is 0 Å². The maximum absolute atomic E-state index is 13.0. The molecule has 0 fully saturated rings. The van der Waals surface area contributed by atoms with Gasteiger partial charge in [-0.3, -0.25) is 4.79 Å². The highest BCUT2D eigenvalue weighted by Gasteiger charge is 2.22. The van der Waals surface area contributed by atoms with Crippen LogP contribution in [0.1, 0.15) is 159 Å². The first-order valence-electron chi connectivity index (χ1n) is 16.4. The maximum atomic E-state index is 13.0. The number of pyridine rings is 1. The number of aryl methyl sites for hydroxylation is 1. The first-order valence-corrected chi connectivity index (χ1v) is 16.4. The topological polar surface area (TPSA) is 42.2 Å². The zero-order valence-corrected chi connectivity index (χ0v) is 26.7. The molecule has 0 bridgehead atoms. The summed E-state index contributed by atoms with van der Waals surface area (Å²) in [5.74, 6) is 0.948. The average molecular weight is 552 g/mol. The molecule has 1 heterocycles. The lowest BCUT2D eigenvalue weighted by Crippen LogP contribution is -2.34. The van der Waals surface area contributed by atoms with Crippen molar-refractivity contribution < 1.29 is 14.1 Å². The van der Waals surface area contributed by atoms with Crippen molar-refractivity contribution >= 4 is 5.91 Å². The molecule has 40 heavy (non-hydrogen) atoms. The highest BCUT2D eigenvalue weighted by molar-refractivity contribution is 5.94. The van der Waals surface area contributed by atoms with Gasteiger partial charge in [-0.2, -0.15) is 0 Å². The lowest BCUT2D eigenvalue weighted by molar-refractivity contribution is -0.697. The van der Waals surface area contributed by atoms with Crippen LogP contribution in [0.15, 0.2) is 42.7 Å². The number of nitrogens with zero attached hydrogens (tertiary/aromatic N) is 1. The Morgan fingerprint density at radius 3 is 1.90 bits per heavy atom. The normalized spacial score (nSPS) is 12.3. The van der Waals surface area contributed by atoms with Crippen molar-refractivity contribution in [2.75, 3.05) is 6.61 Å². The van der Waals surface area contributed by atoms with Gasteiger partial charge in [-0.25, -0.2) is 4.57 Å². The molecule has 1 atom stereocenters. The van der Waals surface area contributed by atoms with Crippen molar-refractivity contribution in [1.29, 1.82) is 0 Å². The van der Waals surface area contributed by atoms with Crippen LogP contribution in [0.25, 0.3) is 0 Å². The number of hydrogen-bond acceptors (Lipinski definition) is 2. The van der Waals surface area contributed by atoms with Gasteiger partial charge in [0.05, 0.1) is 18.2 Å². The summed E-state index contributed by atoms with van der Waals surface area (Å²) < 4.78 is 8.43. The highest BCUT2D eigenvalue weighted by Crippen LogP contribution is 2.34. The van der Waals surface area contributed by atoms with Gasteiger partial charge in [0.2, 0.25) is 0 Å². The minimum atomic E-state index is -0.0451. The van der Waals surface area contributed by atoms with Gasteiger partial charge in [0.1, 0.15) is 12.3 Å². The van der Waals surface area contributed by atoms with E-state index in [0.29, 0.717) is 5.56 Å². The molecule has 4 heteroatoms. The van der Waals surface area contributed by atoms with E-state index in [-0.39, 0.29) is 17.4 Å². The summed E-state index contributed by atoms with van der Waals surface area (Å²) in [6.07, 6.45) is 22.0. The molecule has 4 nitrogen and oxygen atoms in total. The summed E-state index contributed by atoms with van der Waals surface area (Å²) in [6.45, 7) is 15.0.